The highest BCUT2D eigenvalue weighted by Crippen LogP contribution is 2.25. The Labute approximate surface area is 156 Å². The Bertz CT molecular complexity index is 683. The van der Waals surface area contributed by atoms with Crippen LogP contribution >= 0.6 is 0 Å². The van der Waals surface area contributed by atoms with Crippen LogP contribution in [-0.2, 0) is 11.2 Å². The Morgan fingerprint density at radius 3 is 2.23 bits per heavy atom. The molecule has 4 nitrogen and oxygen atoms in total. The topological polar surface area (TPSA) is 28.5 Å². The van der Waals surface area contributed by atoms with Crippen molar-refractivity contribution in [1.29, 1.82) is 0 Å². The molecule has 26 heavy (non-hydrogen) atoms. The van der Waals surface area contributed by atoms with Gasteiger partial charge >= 0.3 is 0 Å². The molecule has 1 unspecified atom stereocenters. The van der Waals surface area contributed by atoms with E-state index in [-0.39, 0.29) is 11.9 Å². The fraction of sp³-hybridized carbons (Fsp3) is 0.500. The number of piperazine rings is 1. The van der Waals surface area contributed by atoms with Crippen LogP contribution in [-0.4, -0.2) is 52.5 Å². The molecule has 0 spiro atoms. The lowest BCUT2D eigenvalue weighted by Gasteiger charge is -2.39. The number of hydrogen-bond donors (Lipinski definition) is 0. The van der Waals surface area contributed by atoms with Gasteiger partial charge in [-0.15, -0.1) is 0 Å². The second-order valence-corrected chi connectivity index (χ2v) is 7.64. The third-order valence-corrected chi connectivity index (χ3v) is 6.01. The largest absolute Gasteiger partial charge is 0.342 e. The molecular formula is C22H29N3O. The number of amides is 1. The molecular weight excluding hydrogens is 322 g/mol. The molecule has 1 saturated carbocycles. The van der Waals surface area contributed by atoms with Crippen molar-refractivity contribution in [1.82, 2.24) is 14.4 Å². The lowest BCUT2D eigenvalue weighted by Crippen LogP contribution is -2.53. The van der Waals surface area contributed by atoms with Gasteiger partial charge in [-0.25, -0.2) is 0 Å². The van der Waals surface area contributed by atoms with Gasteiger partial charge in [0.25, 0.3) is 0 Å². The number of rotatable bonds is 5. The van der Waals surface area contributed by atoms with Gasteiger partial charge in [0.05, 0.1) is 0 Å². The predicted octanol–water partition coefficient (Wildman–Crippen LogP) is 3.36. The zero-order chi connectivity index (χ0) is 17.8. The van der Waals surface area contributed by atoms with Crippen LogP contribution in [0.4, 0.5) is 0 Å². The summed E-state index contributed by atoms with van der Waals surface area (Å²) in [5.41, 5.74) is 1.21. The number of nitrogens with zero attached hydrogens (tertiary/aromatic N) is 3. The molecule has 1 aromatic heterocycles. The first-order valence-corrected chi connectivity index (χ1v) is 10.0. The summed E-state index contributed by atoms with van der Waals surface area (Å²) in [4.78, 5) is 18.0. The Morgan fingerprint density at radius 2 is 1.58 bits per heavy atom. The van der Waals surface area contributed by atoms with E-state index in [1.165, 1.54) is 31.2 Å². The number of aromatic nitrogens is 1. The monoisotopic (exact) mass is 351 g/mol. The summed E-state index contributed by atoms with van der Waals surface area (Å²) in [6.07, 6.45) is 10.2. The number of hydrogen-bond acceptors (Lipinski definition) is 2. The molecule has 2 aromatic rings. The molecule has 1 aliphatic carbocycles. The molecule has 1 atom stereocenters. The minimum absolute atomic E-state index is 0.148. The molecule has 0 bridgehead atoms. The second-order valence-electron chi connectivity index (χ2n) is 7.64. The van der Waals surface area contributed by atoms with E-state index in [9.17, 15) is 4.79 Å². The summed E-state index contributed by atoms with van der Waals surface area (Å²) in [5.74, 6) is 0.260. The van der Waals surface area contributed by atoms with Crippen molar-refractivity contribution in [3.8, 4) is 0 Å². The van der Waals surface area contributed by atoms with E-state index in [1.807, 2.05) is 42.7 Å². The molecule has 1 aromatic carbocycles. The van der Waals surface area contributed by atoms with E-state index in [0.29, 0.717) is 0 Å². The summed E-state index contributed by atoms with van der Waals surface area (Å²) < 4.78 is 2.07. The molecule has 4 heteroatoms. The standard InChI is InChI=1S/C22H29N3O/c26-22(25-16-14-23(15-17-25)20-10-4-5-11-20)21(24-12-6-7-13-24)18-19-8-2-1-3-9-19/h1-3,6-9,12-13,20-21H,4-5,10-11,14-18H2. The third-order valence-electron chi connectivity index (χ3n) is 6.01. The van der Waals surface area contributed by atoms with Gasteiger partial charge in [-0.05, 0) is 30.5 Å². The van der Waals surface area contributed by atoms with Crippen LogP contribution in [0.2, 0.25) is 0 Å². The van der Waals surface area contributed by atoms with Crippen LogP contribution in [0.5, 0.6) is 0 Å². The predicted molar refractivity (Wildman–Crippen MR) is 104 cm³/mol. The van der Waals surface area contributed by atoms with E-state index >= 15 is 0 Å². The maximum atomic E-state index is 13.3. The molecule has 138 valence electrons. The zero-order valence-electron chi connectivity index (χ0n) is 15.5. The fourth-order valence-corrected chi connectivity index (χ4v) is 4.50. The van der Waals surface area contributed by atoms with Crippen LogP contribution in [0.25, 0.3) is 0 Å². The molecule has 0 N–H and O–H groups in total. The quantitative estimate of drug-likeness (QED) is 0.826. The van der Waals surface area contributed by atoms with Gasteiger partial charge in [-0.3, -0.25) is 9.69 Å². The SMILES string of the molecule is O=C(C(Cc1ccccc1)n1cccc1)N1CCN(C2CCCC2)CC1. The summed E-state index contributed by atoms with van der Waals surface area (Å²) in [6.45, 7) is 3.78. The summed E-state index contributed by atoms with van der Waals surface area (Å²) in [5, 5.41) is 0. The Morgan fingerprint density at radius 1 is 0.923 bits per heavy atom. The average Bonchev–Trinajstić information content (AvgIpc) is 3.40. The van der Waals surface area contributed by atoms with Gasteiger partial charge < -0.3 is 9.47 Å². The summed E-state index contributed by atoms with van der Waals surface area (Å²) in [7, 11) is 0. The average molecular weight is 351 g/mol. The number of benzene rings is 1. The van der Waals surface area contributed by atoms with Gasteiger partial charge in [0, 0.05) is 51.0 Å². The highest BCUT2D eigenvalue weighted by atomic mass is 16.2. The molecule has 2 heterocycles. The molecule has 1 amide bonds. The summed E-state index contributed by atoms with van der Waals surface area (Å²) in [6, 6.07) is 15.0. The van der Waals surface area contributed by atoms with Gasteiger partial charge in [0.2, 0.25) is 5.91 Å². The minimum Gasteiger partial charge on any atom is -0.342 e. The lowest BCUT2D eigenvalue weighted by atomic mass is 10.0. The zero-order valence-corrected chi connectivity index (χ0v) is 15.5. The maximum absolute atomic E-state index is 13.3. The smallest absolute Gasteiger partial charge is 0.246 e. The maximum Gasteiger partial charge on any atom is 0.246 e. The first-order chi connectivity index (χ1) is 12.8. The Kier molecular flexibility index (Phi) is 5.40. The highest BCUT2D eigenvalue weighted by molar-refractivity contribution is 5.81. The van der Waals surface area contributed by atoms with Gasteiger partial charge in [0.1, 0.15) is 6.04 Å². The van der Waals surface area contributed by atoms with Crippen LogP contribution < -0.4 is 0 Å². The first-order valence-electron chi connectivity index (χ1n) is 10.0. The normalized spacial score (nSPS) is 20.4. The van der Waals surface area contributed by atoms with Gasteiger partial charge in [-0.2, -0.15) is 0 Å². The molecule has 2 fully saturated rings. The molecule has 1 aliphatic heterocycles. The highest BCUT2D eigenvalue weighted by Gasteiger charge is 2.31. The third kappa shape index (κ3) is 3.85. The molecule has 0 radical (unpaired) electrons. The Balaban J connectivity index is 1.43. The van der Waals surface area contributed by atoms with Crippen LogP contribution in [0.1, 0.15) is 37.3 Å². The first kappa shape index (κ1) is 17.3. The van der Waals surface area contributed by atoms with E-state index in [0.717, 1.165) is 38.6 Å². The second kappa shape index (κ2) is 8.09. The number of carbonyl (C=O) groups excluding carboxylic acids is 1. The van der Waals surface area contributed by atoms with Crippen molar-refractivity contribution >= 4 is 5.91 Å². The van der Waals surface area contributed by atoms with E-state index in [1.54, 1.807) is 0 Å². The van der Waals surface area contributed by atoms with Crippen molar-refractivity contribution in [2.75, 3.05) is 26.2 Å². The van der Waals surface area contributed by atoms with Gasteiger partial charge in [-0.1, -0.05) is 43.2 Å². The van der Waals surface area contributed by atoms with E-state index in [4.69, 9.17) is 0 Å². The minimum atomic E-state index is -0.148. The van der Waals surface area contributed by atoms with Crippen LogP contribution in [0.15, 0.2) is 54.9 Å². The summed E-state index contributed by atoms with van der Waals surface area (Å²) >= 11 is 0. The van der Waals surface area contributed by atoms with Crippen molar-refractivity contribution in [3.63, 3.8) is 0 Å². The van der Waals surface area contributed by atoms with E-state index in [2.05, 4.69) is 26.5 Å². The van der Waals surface area contributed by atoms with E-state index < -0.39 is 0 Å². The van der Waals surface area contributed by atoms with Crippen molar-refractivity contribution in [2.45, 2.75) is 44.2 Å². The lowest BCUT2D eigenvalue weighted by molar-refractivity contribution is -0.136. The van der Waals surface area contributed by atoms with Crippen molar-refractivity contribution < 1.29 is 4.79 Å². The number of carbonyl (C=O) groups is 1. The molecule has 1 saturated heterocycles. The fourth-order valence-electron chi connectivity index (χ4n) is 4.50. The van der Waals surface area contributed by atoms with Crippen molar-refractivity contribution in [3.05, 3.63) is 60.4 Å². The van der Waals surface area contributed by atoms with Crippen LogP contribution in [0, 0.1) is 0 Å². The van der Waals surface area contributed by atoms with Crippen molar-refractivity contribution in [2.24, 2.45) is 0 Å². The van der Waals surface area contributed by atoms with Crippen LogP contribution in [0.3, 0.4) is 0 Å². The molecule has 4 rings (SSSR count). The van der Waals surface area contributed by atoms with Gasteiger partial charge in [0.15, 0.2) is 0 Å². The molecule has 2 aliphatic rings. The Hall–Kier alpha value is -2.07.